The molecule has 1 fully saturated rings. The highest BCUT2D eigenvalue weighted by atomic mass is 16.5. The van der Waals surface area contributed by atoms with Crippen molar-refractivity contribution < 1.29 is 39.5 Å². The van der Waals surface area contributed by atoms with E-state index in [0.29, 0.717) is 17.5 Å². The molecule has 1 amide bonds. The molecule has 38 heavy (non-hydrogen) atoms. The molecule has 0 aromatic heterocycles. The Morgan fingerprint density at radius 1 is 1.16 bits per heavy atom. The molecule has 0 spiro atoms. The summed E-state index contributed by atoms with van der Waals surface area (Å²) in [5.74, 6) is -6.23. The predicted molar refractivity (Wildman–Crippen MR) is 134 cm³/mol. The average Bonchev–Trinajstić information content (AvgIpc) is 2.83. The second-order valence-corrected chi connectivity index (χ2v) is 10.8. The molecule has 2 aromatic carbocycles. The van der Waals surface area contributed by atoms with Gasteiger partial charge in [0, 0.05) is 50.0 Å². The maximum Gasteiger partial charge on any atom is 0.255 e. The highest BCUT2D eigenvalue weighted by Gasteiger charge is 2.59. The molecule has 2 aromatic rings. The fourth-order valence-corrected chi connectivity index (χ4v) is 6.59. The maximum absolute atomic E-state index is 13.7. The summed E-state index contributed by atoms with van der Waals surface area (Å²) in [6, 6.07) is 7.56. The molecule has 0 radical (unpaired) electrons. The average molecular weight is 521 g/mol. The first kappa shape index (κ1) is 24.6. The number of Topliss-reactive ketones (excluding diaryl/α,β-unsaturated/α-hetero) is 2. The second kappa shape index (κ2) is 8.39. The molecule has 10 nitrogen and oxygen atoms in total. The summed E-state index contributed by atoms with van der Waals surface area (Å²) in [7, 11) is 1.68. The molecule has 1 aliphatic heterocycles. The number of benzene rings is 2. The third-order valence-corrected chi connectivity index (χ3v) is 8.59. The van der Waals surface area contributed by atoms with Crippen LogP contribution in [0.3, 0.4) is 0 Å². The van der Waals surface area contributed by atoms with Crippen LogP contribution in [0.2, 0.25) is 0 Å². The van der Waals surface area contributed by atoms with Crippen LogP contribution in [0.5, 0.6) is 5.75 Å². The number of aliphatic hydroxyl groups is 3. The van der Waals surface area contributed by atoms with Gasteiger partial charge < -0.3 is 30.9 Å². The zero-order valence-corrected chi connectivity index (χ0v) is 20.7. The Bertz CT molecular complexity index is 1500. The summed E-state index contributed by atoms with van der Waals surface area (Å²) < 4.78 is 5.32. The van der Waals surface area contributed by atoms with Crippen molar-refractivity contribution >= 4 is 28.2 Å². The number of carbonyl (C=O) groups excluding carboxylic acids is 3. The molecule has 4 aliphatic rings. The number of likely N-dealkylation sites (tertiary alicyclic amines) is 1. The molecule has 1 heterocycles. The number of aromatic hydroxyl groups is 1. The van der Waals surface area contributed by atoms with Crippen LogP contribution < -0.4 is 5.73 Å². The lowest BCUT2D eigenvalue weighted by Crippen LogP contribution is -2.57. The van der Waals surface area contributed by atoms with Crippen LogP contribution >= 0.6 is 0 Å². The molecule has 1 saturated heterocycles. The zero-order chi connectivity index (χ0) is 27.1. The van der Waals surface area contributed by atoms with Crippen molar-refractivity contribution in [3.05, 3.63) is 63.6 Å². The smallest absolute Gasteiger partial charge is 0.255 e. The number of ether oxygens (including phenoxy) is 1. The summed E-state index contributed by atoms with van der Waals surface area (Å²) in [4.78, 5) is 40.8. The Kier molecular flexibility index (Phi) is 5.43. The van der Waals surface area contributed by atoms with E-state index in [-0.39, 0.29) is 42.3 Å². The molecule has 6 N–H and O–H groups in total. The largest absolute Gasteiger partial charge is 0.511 e. The molecule has 0 saturated carbocycles. The molecular weight excluding hydrogens is 492 g/mol. The molecule has 6 rings (SSSR count). The summed E-state index contributed by atoms with van der Waals surface area (Å²) >= 11 is 0. The predicted octanol–water partition coefficient (Wildman–Crippen LogP) is 1.56. The summed E-state index contributed by atoms with van der Waals surface area (Å²) in [6.45, 7) is 2.28. The number of aliphatic hydroxyl groups excluding tert-OH is 2. The molecule has 3 aliphatic carbocycles. The van der Waals surface area contributed by atoms with Crippen molar-refractivity contribution in [1.82, 2.24) is 4.90 Å². The van der Waals surface area contributed by atoms with Crippen LogP contribution in [0.1, 0.15) is 34.3 Å². The number of fused-ring (bicyclic) bond motifs is 4. The van der Waals surface area contributed by atoms with Gasteiger partial charge in [-0.05, 0) is 41.3 Å². The van der Waals surface area contributed by atoms with Crippen LogP contribution in [-0.2, 0) is 27.3 Å². The van der Waals surface area contributed by atoms with Gasteiger partial charge >= 0.3 is 0 Å². The summed E-state index contributed by atoms with van der Waals surface area (Å²) in [5, 5.41) is 45.3. The van der Waals surface area contributed by atoms with E-state index in [0.717, 1.165) is 24.0 Å². The second-order valence-electron chi connectivity index (χ2n) is 10.8. The van der Waals surface area contributed by atoms with Gasteiger partial charge in [0.2, 0.25) is 5.78 Å². The highest BCUT2D eigenvalue weighted by Crippen LogP contribution is 2.52. The van der Waals surface area contributed by atoms with E-state index in [4.69, 9.17) is 10.5 Å². The standard InChI is InChI=1S/C28H28N2O8/c1-38-17-10-30(11-17)9-12-2-3-13-5-14-6-15-7-16-8-19(31)22(27(29)36)26(35)28(16,37)25(34)21(15)24(33)20(14)23(32)18(13)4-12/h2-5,15-17,31-32,34,37H,6-11H2,1H3,(H2,29,36)/t15?,16?,28-/m0/s1. The number of ketones is 2. The van der Waals surface area contributed by atoms with E-state index >= 15 is 0 Å². The molecule has 198 valence electrons. The number of rotatable bonds is 4. The topological polar surface area (TPSA) is 171 Å². The minimum Gasteiger partial charge on any atom is -0.511 e. The van der Waals surface area contributed by atoms with Crippen molar-refractivity contribution in [2.24, 2.45) is 17.6 Å². The first-order valence-electron chi connectivity index (χ1n) is 12.5. The van der Waals surface area contributed by atoms with Gasteiger partial charge in [-0.1, -0.05) is 18.2 Å². The molecule has 3 atom stereocenters. The Hall–Kier alpha value is -3.73. The normalized spacial score (nSPS) is 27.7. The van der Waals surface area contributed by atoms with Crippen molar-refractivity contribution in [2.45, 2.75) is 37.5 Å². The number of allylic oxidation sites excluding steroid dienone is 2. The van der Waals surface area contributed by atoms with Crippen LogP contribution in [-0.4, -0.2) is 74.7 Å². The molecule has 2 unspecified atom stereocenters. The zero-order valence-electron chi connectivity index (χ0n) is 20.7. The van der Waals surface area contributed by atoms with E-state index in [1.54, 1.807) is 7.11 Å². The van der Waals surface area contributed by atoms with Gasteiger partial charge in [0.25, 0.3) is 5.91 Å². The van der Waals surface area contributed by atoms with E-state index < -0.39 is 52.0 Å². The first-order chi connectivity index (χ1) is 18.0. The van der Waals surface area contributed by atoms with Gasteiger partial charge in [0.15, 0.2) is 11.4 Å². The third kappa shape index (κ3) is 3.34. The van der Waals surface area contributed by atoms with Crippen LogP contribution in [0.15, 0.2) is 46.9 Å². The van der Waals surface area contributed by atoms with E-state index in [1.807, 2.05) is 24.3 Å². The number of hydrogen-bond acceptors (Lipinski definition) is 9. The Balaban J connectivity index is 1.41. The van der Waals surface area contributed by atoms with Crippen LogP contribution in [0, 0.1) is 11.8 Å². The molecule has 10 heteroatoms. The Morgan fingerprint density at radius 3 is 2.58 bits per heavy atom. The number of phenols is 1. The van der Waals surface area contributed by atoms with Crippen molar-refractivity contribution in [3.8, 4) is 5.75 Å². The van der Waals surface area contributed by atoms with E-state index in [1.165, 1.54) is 0 Å². The summed E-state index contributed by atoms with van der Waals surface area (Å²) in [5.41, 5.74) is 3.32. The van der Waals surface area contributed by atoms with Crippen molar-refractivity contribution in [2.75, 3.05) is 20.2 Å². The quantitative estimate of drug-likeness (QED) is 0.375. The Morgan fingerprint density at radius 2 is 1.89 bits per heavy atom. The first-order valence-corrected chi connectivity index (χ1v) is 12.5. The highest BCUT2D eigenvalue weighted by molar-refractivity contribution is 6.24. The SMILES string of the molecule is COC1CN(Cc2ccc3cc4c(c(O)c3c2)C(=O)C2=C(O)[C@]3(O)C(=O)C(C(N)=O)=C(O)CC3CC2C4)C1. The number of methoxy groups -OCH3 is 1. The number of nitrogens with two attached hydrogens (primary N) is 1. The van der Waals surface area contributed by atoms with E-state index in [2.05, 4.69) is 4.90 Å². The minimum atomic E-state index is -2.56. The van der Waals surface area contributed by atoms with Gasteiger partial charge in [-0.15, -0.1) is 0 Å². The Labute approximate surface area is 217 Å². The van der Waals surface area contributed by atoms with Gasteiger partial charge in [0.1, 0.15) is 22.8 Å². The van der Waals surface area contributed by atoms with Gasteiger partial charge in [-0.2, -0.15) is 0 Å². The third-order valence-electron chi connectivity index (χ3n) is 8.59. The van der Waals surface area contributed by atoms with Crippen molar-refractivity contribution in [3.63, 3.8) is 0 Å². The number of amides is 1. The number of carbonyl (C=O) groups is 3. The van der Waals surface area contributed by atoms with Gasteiger partial charge in [0.05, 0.1) is 11.7 Å². The van der Waals surface area contributed by atoms with E-state index in [9.17, 15) is 34.8 Å². The van der Waals surface area contributed by atoms with Crippen LogP contribution in [0.4, 0.5) is 0 Å². The lowest BCUT2D eigenvalue weighted by Gasteiger charge is -2.45. The van der Waals surface area contributed by atoms with Crippen LogP contribution in [0.25, 0.3) is 10.8 Å². The number of primary amides is 1. The number of nitrogens with zero attached hydrogens (tertiary/aromatic N) is 1. The lowest BCUT2D eigenvalue weighted by atomic mass is 9.60. The maximum atomic E-state index is 13.7. The number of phenolic OH excluding ortho intramolecular Hbond substituents is 1. The number of hydrogen-bond donors (Lipinski definition) is 5. The molecular formula is C28H28N2O8. The molecule has 0 bridgehead atoms. The fourth-order valence-electron chi connectivity index (χ4n) is 6.59. The van der Waals surface area contributed by atoms with Gasteiger partial charge in [-0.25, -0.2) is 0 Å². The van der Waals surface area contributed by atoms with Crippen molar-refractivity contribution in [1.29, 1.82) is 0 Å². The monoisotopic (exact) mass is 520 g/mol. The lowest BCUT2D eigenvalue weighted by molar-refractivity contribution is -0.144. The van der Waals surface area contributed by atoms with Gasteiger partial charge in [-0.3, -0.25) is 19.3 Å². The fraction of sp³-hybridized carbons (Fsp3) is 0.393. The summed E-state index contributed by atoms with van der Waals surface area (Å²) in [6.07, 6.45) is 0.357. The minimum absolute atomic E-state index is 0.0228.